The van der Waals surface area contributed by atoms with Gasteiger partial charge in [-0.1, -0.05) is 34.5 Å². The Morgan fingerprint density at radius 2 is 2.00 bits per heavy atom. The molecule has 0 saturated carbocycles. The fraction of sp³-hybridized carbons (Fsp3) is 0.0714. The largest absolute Gasteiger partial charge is 0.451 e. The fourth-order valence-corrected chi connectivity index (χ4v) is 2.66. The van der Waals surface area contributed by atoms with Gasteiger partial charge in [0.15, 0.2) is 5.76 Å². The van der Waals surface area contributed by atoms with Crippen molar-refractivity contribution in [3.63, 3.8) is 0 Å². The summed E-state index contributed by atoms with van der Waals surface area (Å²) in [5.41, 5.74) is 0.736. The molecule has 1 amide bonds. The van der Waals surface area contributed by atoms with Gasteiger partial charge in [-0.05, 0) is 37.3 Å². The van der Waals surface area contributed by atoms with Crippen LogP contribution in [0.3, 0.4) is 0 Å². The predicted octanol–water partition coefficient (Wildman–Crippen LogP) is 4.67. The van der Waals surface area contributed by atoms with E-state index in [9.17, 15) is 4.79 Å². The lowest BCUT2D eigenvalue weighted by Gasteiger charge is -2.00. The van der Waals surface area contributed by atoms with Gasteiger partial charge in [0.2, 0.25) is 5.13 Å². The minimum atomic E-state index is -0.387. The highest BCUT2D eigenvalue weighted by atomic mass is 35.5. The molecule has 2 aromatic heterocycles. The molecule has 2 heterocycles. The van der Waals surface area contributed by atoms with E-state index in [1.54, 1.807) is 30.3 Å². The van der Waals surface area contributed by atoms with E-state index in [0.717, 1.165) is 10.6 Å². The average molecular weight is 354 g/mol. The summed E-state index contributed by atoms with van der Waals surface area (Å²) >= 11 is 13.1. The van der Waals surface area contributed by atoms with Crippen molar-refractivity contribution in [2.45, 2.75) is 6.92 Å². The maximum absolute atomic E-state index is 12.1. The molecular formula is C14H9Cl2N3O2S. The molecule has 0 unspecified atom stereocenters. The van der Waals surface area contributed by atoms with Crippen molar-refractivity contribution in [2.75, 3.05) is 5.32 Å². The zero-order chi connectivity index (χ0) is 15.7. The van der Waals surface area contributed by atoms with Crippen LogP contribution < -0.4 is 5.32 Å². The number of carbonyl (C=O) groups excluding carboxylic acids is 1. The summed E-state index contributed by atoms with van der Waals surface area (Å²) in [6.45, 7) is 1.81. The molecule has 1 aromatic carbocycles. The van der Waals surface area contributed by atoms with Gasteiger partial charge in [-0.3, -0.25) is 10.1 Å². The lowest BCUT2D eigenvalue weighted by atomic mass is 10.2. The molecular weight excluding hydrogens is 345 g/mol. The number of amides is 1. The van der Waals surface area contributed by atoms with Crippen LogP contribution in [0, 0.1) is 6.92 Å². The molecule has 3 rings (SSSR count). The molecule has 0 aliphatic carbocycles. The normalized spacial score (nSPS) is 10.7. The molecule has 112 valence electrons. The first-order valence-corrected chi connectivity index (χ1v) is 7.77. The second-order valence-corrected chi connectivity index (χ2v) is 6.37. The number of carbonyl (C=O) groups is 1. The second kappa shape index (κ2) is 6.08. The number of hydrogen-bond donors (Lipinski definition) is 1. The zero-order valence-corrected chi connectivity index (χ0v) is 13.6. The Hall–Kier alpha value is -1.89. The summed E-state index contributed by atoms with van der Waals surface area (Å²) in [6, 6.07) is 8.40. The summed E-state index contributed by atoms with van der Waals surface area (Å²) in [4.78, 5) is 12.1. The van der Waals surface area contributed by atoms with Gasteiger partial charge < -0.3 is 4.42 Å². The van der Waals surface area contributed by atoms with Crippen molar-refractivity contribution in [2.24, 2.45) is 0 Å². The molecule has 0 fully saturated rings. The maximum Gasteiger partial charge on any atom is 0.293 e. The number of benzene rings is 1. The number of nitrogens with zero attached hydrogens (tertiary/aromatic N) is 2. The minimum Gasteiger partial charge on any atom is -0.451 e. The van der Waals surface area contributed by atoms with Gasteiger partial charge >= 0.3 is 0 Å². The summed E-state index contributed by atoms with van der Waals surface area (Å²) < 4.78 is 5.55. The highest BCUT2D eigenvalue weighted by Crippen LogP contribution is 2.29. The first-order chi connectivity index (χ1) is 10.5. The predicted molar refractivity (Wildman–Crippen MR) is 86.8 cm³/mol. The highest BCUT2D eigenvalue weighted by Gasteiger charge is 2.14. The smallest absolute Gasteiger partial charge is 0.293 e. The van der Waals surface area contributed by atoms with E-state index >= 15 is 0 Å². The molecule has 0 aliphatic rings. The van der Waals surface area contributed by atoms with E-state index in [4.69, 9.17) is 27.6 Å². The lowest BCUT2D eigenvalue weighted by molar-refractivity contribution is 0.0997. The van der Waals surface area contributed by atoms with Crippen LogP contribution in [0.1, 0.15) is 15.6 Å². The van der Waals surface area contributed by atoms with Gasteiger partial charge in [0.25, 0.3) is 5.91 Å². The Labute approximate surface area is 139 Å². The third-order valence-corrected chi connectivity index (χ3v) is 4.27. The van der Waals surface area contributed by atoms with Gasteiger partial charge in [-0.25, -0.2) is 0 Å². The van der Waals surface area contributed by atoms with E-state index in [2.05, 4.69) is 15.5 Å². The van der Waals surface area contributed by atoms with Crippen molar-refractivity contribution in [3.8, 4) is 11.3 Å². The molecule has 0 bridgehead atoms. The molecule has 0 radical (unpaired) electrons. The van der Waals surface area contributed by atoms with Crippen LogP contribution in [-0.4, -0.2) is 16.1 Å². The van der Waals surface area contributed by atoms with E-state index < -0.39 is 0 Å². The van der Waals surface area contributed by atoms with Crippen molar-refractivity contribution in [1.82, 2.24) is 10.2 Å². The standard InChI is InChI=1S/C14H9Cl2N3O2S/c1-7-18-19-14(22-7)17-13(20)12-5-4-11(21-12)8-2-3-9(15)10(16)6-8/h2-6H,1H3,(H,17,19,20). The Kier molecular flexibility index (Phi) is 4.15. The molecule has 1 N–H and O–H groups in total. The number of anilines is 1. The first kappa shape index (κ1) is 15.0. The molecule has 0 atom stereocenters. The number of rotatable bonds is 3. The Morgan fingerprint density at radius 3 is 2.68 bits per heavy atom. The molecule has 0 spiro atoms. The van der Waals surface area contributed by atoms with Crippen LogP contribution in [0.4, 0.5) is 5.13 Å². The minimum absolute atomic E-state index is 0.175. The molecule has 8 heteroatoms. The second-order valence-electron chi connectivity index (χ2n) is 4.37. The summed E-state index contributed by atoms with van der Waals surface area (Å²) in [7, 11) is 0. The number of nitrogens with one attached hydrogen (secondary N) is 1. The Bertz CT molecular complexity index is 844. The topological polar surface area (TPSA) is 68.0 Å². The monoisotopic (exact) mass is 353 g/mol. The van der Waals surface area contributed by atoms with Gasteiger partial charge in [-0.2, -0.15) is 0 Å². The van der Waals surface area contributed by atoms with Gasteiger partial charge in [0.05, 0.1) is 10.0 Å². The SMILES string of the molecule is Cc1nnc(NC(=O)c2ccc(-c3ccc(Cl)c(Cl)c3)o2)s1. The van der Waals surface area contributed by atoms with Gasteiger partial charge in [0.1, 0.15) is 10.8 Å². The Morgan fingerprint density at radius 1 is 1.18 bits per heavy atom. The Balaban J connectivity index is 1.80. The van der Waals surface area contributed by atoms with E-state index in [1.807, 2.05) is 6.92 Å². The number of furan rings is 1. The average Bonchev–Trinajstić information content (AvgIpc) is 3.11. The lowest BCUT2D eigenvalue weighted by Crippen LogP contribution is -2.10. The number of halogens is 2. The van der Waals surface area contributed by atoms with Crippen LogP contribution >= 0.6 is 34.5 Å². The first-order valence-electron chi connectivity index (χ1n) is 6.19. The molecule has 5 nitrogen and oxygen atoms in total. The molecule has 0 saturated heterocycles. The van der Waals surface area contributed by atoms with E-state index in [-0.39, 0.29) is 11.7 Å². The van der Waals surface area contributed by atoms with E-state index in [1.165, 1.54) is 11.3 Å². The third kappa shape index (κ3) is 3.14. The van der Waals surface area contributed by atoms with Crippen molar-refractivity contribution < 1.29 is 9.21 Å². The quantitative estimate of drug-likeness (QED) is 0.742. The van der Waals surface area contributed by atoms with Crippen molar-refractivity contribution in [3.05, 3.63) is 51.1 Å². The number of aromatic nitrogens is 2. The molecule has 3 aromatic rings. The summed E-state index contributed by atoms with van der Waals surface area (Å²) in [5.74, 6) is 0.313. The third-order valence-electron chi connectivity index (χ3n) is 2.78. The van der Waals surface area contributed by atoms with Crippen LogP contribution in [-0.2, 0) is 0 Å². The number of hydrogen-bond acceptors (Lipinski definition) is 5. The van der Waals surface area contributed by atoms with Crippen LogP contribution in [0.15, 0.2) is 34.7 Å². The van der Waals surface area contributed by atoms with Crippen LogP contribution in [0.5, 0.6) is 0 Å². The van der Waals surface area contributed by atoms with Crippen LogP contribution in [0.25, 0.3) is 11.3 Å². The van der Waals surface area contributed by atoms with Gasteiger partial charge in [0, 0.05) is 5.56 Å². The van der Waals surface area contributed by atoms with Crippen molar-refractivity contribution >= 4 is 45.6 Å². The summed E-state index contributed by atoms with van der Waals surface area (Å²) in [5, 5.41) is 12.4. The zero-order valence-electron chi connectivity index (χ0n) is 11.3. The molecule has 0 aliphatic heterocycles. The summed E-state index contributed by atoms with van der Waals surface area (Å²) in [6.07, 6.45) is 0. The number of aryl methyl sites for hydroxylation is 1. The van der Waals surface area contributed by atoms with Crippen molar-refractivity contribution in [1.29, 1.82) is 0 Å². The fourth-order valence-electron chi connectivity index (χ4n) is 1.77. The highest BCUT2D eigenvalue weighted by molar-refractivity contribution is 7.15. The van der Waals surface area contributed by atoms with Gasteiger partial charge in [-0.15, -0.1) is 10.2 Å². The molecule has 22 heavy (non-hydrogen) atoms. The van der Waals surface area contributed by atoms with E-state index in [0.29, 0.717) is 20.9 Å². The maximum atomic E-state index is 12.1. The van der Waals surface area contributed by atoms with Crippen LogP contribution in [0.2, 0.25) is 10.0 Å².